The van der Waals surface area contributed by atoms with Crippen LogP contribution < -0.4 is 10.2 Å². The molecule has 1 aliphatic heterocycles. The van der Waals surface area contributed by atoms with Crippen molar-refractivity contribution >= 4 is 28.5 Å². The van der Waals surface area contributed by atoms with Crippen molar-refractivity contribution in [1.29, 1.82) is 0 Å². The van der Waals surface area contributed by atoms with Gasteiger partial charge in [0.25, 0.3) is 0 Å². The third kappa shape index (κ3) is 6.22. The molecule has 162 valence electrons. The average Bonchev–Trinajstić information content (AvgIpc) is 2.74. The van der Waals surface area contributed by atoms with E-state index in [1.54, 1.807) is 24.5 Å². The lowest BCUT2D eigenvalue weighted by atomic mass is 10.0. The van der Waals surface area contributed by atoms with Crippen LogP contribution in [0, 0.1) is 0 Å². The quantitative estimate of drug-likeness (QED) is 0.631. The maximum atomic E-state index is 11.9. The fraction of sp³-hybridized carbons (Fsp3) is 0.435. The van der Waals surface area contributed by atoms with Gasteiger partial charge in [-0.1, -0.05) is 24.3 Å². The van der Waals surface area contributed by atoms with Crippen LogP contribution in [0.15, 0.2) is 53.4 Å². The maximum absolute atomic E-state index is 11.9. The van der Waals surface area contributed by atoms with Gasteiger partial charge in [-0.2, -0.15) is 0 Å². The predicted molar refractivity (Wildman–Crippen MR) is 122 cm³/mol. The van der Waals surface area contributed by atoms with Gasteiger partial charge in [0, 0.05) is 38.8 Å². The first-order chi connectivity index (χ1) is 14.4. The second kappa shape index (κ2) is 10.8. The number of nitrogens with zero attached hydrogens (tertiary/aromatic N) is 2. The number of rotatable bonds is 8. The minimum atomic E-state index is -1.21. The molecular weight excluding hydrogens is 398 g/mol. The largest absolute Gasteiger partial charge is 0.612 e. The Balaban J connectivity index is 1.48. The molecule has 1 saturated heterocycles. The van der Waals surface area contributed by atoms with Crippen LogP contribution in [0.2, 0.25) is 0 Å². The molecule has 0 saturated carbocycles. The maximum Gasteiger partial charge on any atom is 0.221 e. The Morgan fingerprint density at radius 2 is 1.87 bits per heavy atom. The monoisotopic (exact) mass is 429 g/mol. The number of para-hydroxylation sites is 1. The zero-order valence-corrected chi connectivity index (χ0v) is 18.5. The minimum absolute atomic E-state index is 0.219. The Morgan fingerprint density at radius 3 is 2.50 bits per heavy atom. The molecule has 2 atom stereocenters. The lowest BCUT2D eigenvalue weighted by Gasteiger charge is -2.36. The Morgan fingerprint density at radius 1 is 1.17 bits per heavy atom. The first-order valence-corrected chi connectivity index (χ1v) is 11.9. The Kier molecular flexibility index (Phi) is 8.16. The van der Waals surface area contributed by atoms with Crippen molar-refractivity contribution in [1.82, 2.24) is 4.90 Å². The molecule has 2 aromatic carbocycles. The molecule has 0 aromatic heterocycles. The number of hydrogen-bond donors (Lipinski definition) is 2. The highest BCUT2D eigenvalue weighted by Gasteiger charge is 2.19. The summed E-state index contributed by atoms with van der Waals surface area (Å²) in [6.07, 6.45) is 2.51. The molecule has 0 spiro atoms. The second-order valence-corrected chi connectivity index (χ2v) is 9.06. The highest BCUT2D eigenvalue weighted by atomic mass is 32.2. The van der Waals surface area contributed by atoms with E-state index in [9.17, 15) is 14.5 Å². The molecule has 6 nitrogen and oxygen atoms in total. The van der Waals surface area contributed by atoms with Gasteiger partial charge in [-0.05, 0) is 60.4 Å². The summed E-state index contributed by atoms with van der Waals surface area (Å²) in [4.78, 5) is 16.9. The number of aliphatic hydroxyl groups is 1. The molecule has 2 unspecified atom stereocenters. The van der Waals surface area contributed by atoms with Gasteiger partial charge in [0.05, 0.1) is 11.8 Å². The van der Waals surface area contributed by atoms with E-state index in [1.807, 2.05) is 6.07 Å². The molecule has 1 fully saturated rings. The number of benzene rings is 2. The van der Waals surface area contributed by atoms with E-state index in [0.717, 1.165) is 44.7 Å². The van der Waals surface area contributed by atoms with Gasteiger partial charge >= 0.3 is 0 Å². The molecule has 3 rings (SSSR count). The summed E-state index contributed by atoms with van der Waals surface area (Å²) in [5.74, 6) is -0.219. The minimum Gasteiger partial charge on any atom is -0.612 e. The summed E-state index contributed by atoms with van der Waals surface area (Å²) < 4.78 is 11.9. The van der Waals surface area contributed by atoms with Gasteiger partial charge in [-0.15, -0.1) is 0 Å². The molecule has 2 N–H and O–H groups in total. The summed E-state index contributed by atoms with van der Waals surface area (Å²) in [6, 6.07) is 15.8. The first-order valence-electron chi connectivity index (χ1n) is 10.4. The van der Waals surface area contributed by atoms with Gasteiger partial charge in [0.1, 0.15) is 6.26 Å². The lowest BCUT2D eigenvalue weighted by Crippen LogP contribution is -2.46. The van der Waals surface area contributed by atoms with Gasteiger partial charge in [-0.25, -0.2) is 0 Å². The Bertz CT molecular complexity index is 824. The van der Waals surface area contributed by atoms with Gasteiger partial charge in [0.15, 0.2) is 4.90 Å². The molecule has 7 heteroatoms. The van der Waals surface area contributed by atoms with E-state index in [1.165, 1.54) is 12.6 Å². The van der Waals surface area contributed by atoms with Crippen molar-refractivity contribution in [2.45, 2.75) is 30.8 Å². The lowest BCUT2D eigenvalue weighted by molar-refractivity contribution is -0.114. The van der Waals surface area contributed by atoms with Gasteiger partial charge < -0.3 is 19.9 Å². The molecule has 0 bridgehead atoms. The molecular formula is C23H31N3O3S. The van der Waals surface area contributed by atoms with Crippen molar-refractivity contribution in [2.24, 2.45) is 0 Å². The predicted octanol–water partition coefficient (Wildman–Crippen LogP) is 3.02. The van der Waals surface area contributed by atoms with Crippen molar-refractivity contribution in [3.8, 4) is 0 Å². The van der Waals surface area contributed by atoms with Crippen molar-refractivity contribution < 1.29 is 14.5 Å². The average molecular weight is 430 g/mol. The van der Waals surface area contributed by atoms with Crippen LogP contribution in [0.1, 0.15) is 31.4 Å². The molecule has 2 aromatic rings. The molecule has 1 heterocycles. The summed E-state index contributed by atoms with van der Waals surface area (Å²) >= 11 is -1.21. The van der Waals surface area contributed by atoms with Crippen LogP contribution in [0.4, 0.5) is 11.4 Å². The van der Waals surface area contributed by atoms with E-state index in [-0.39, 0.29) is 5.91 Å². The number of nitrogens with one attached hydrogen (secondary N) is 1. The summed E-state index contributed by atoms with van der Waals surface area (Å²) in [6.45, 7) is 6.45. The summed E-state index contributed by atoms with van der Waals surface area (Å²) in [5.41, 5.74) is 2.53. The van der Waals surface area contributed by atoms with E-state index < -0.39 is 17.3 Å². The van der Waals surface area contributed by atoms with Crippen molar-refractivity contribution in [2.75, 3.05) is 49.2 Å². The number of carbonyl (C=O) groups excluding carboxylic acids is 1. The number of carbonyl (C=O) groups is 1. The summed E-state index contributed by atoms with van der Waals surface area (Å²) in [7, 11) is 0. The van der Waals surface area contributed by atoms with E-state index in [0.29, 0.717) is 17.0 Å². The standard InChI is InChI=1S/C23H31N3O3S/c1-18(27)24-21-17-19(10-11-23(21)30(2)29)22(28)9-6-12-25-13-15-26(16-14-25)20-7-4-3-5-8-20/h3-5,7-8,10-11,17,22,28H,6,9,12-16H2,1-2H3,(H,24,27). The molecule has 0 aliphatic carbocycles. The van der Waals surface area contributed by atoms with Crippen LogP contribution in [0.5, 0.6) is 0 Å². The molecule has 1 aliphatic rings. The smallest absolute Gasteiger partial charge is 0.221 e. The molecule has 1 amide bonds. The van der Waals surface area contributed by atoms with Crippen LogP contribution in [-0.4, -0.2) is 59.4 Å². The first kappa shape index (κ1) is 22.6. The Hall–Kier alpha value is -2.06. The zero-order valence-electron chi connectivity index (χ0n) is 17.7. The fourth-order valence-electron chi connectivity index (χ4n) is 3.84. The number of amides is 1. The van der Waals surface area contributed by atoms with Gasteiger partial charge in [0.2, 0.25) is 5.91 Å². The van der Waals surface area contributed by atoms with Crippen LogP contribution in [-0.2, 0) is 16.0 Å². The van der Waals surface area contributed by atoms with Crippen molar-refractivity contribution in [3.05, 3.63) is 54.1 Å². The number of anilines is 2. The van der Waals surface area contributed by atoms with Crippen LogP contribution >= 0.6 is 0 Å². The number of piperazine rings is 1. The molecule has 0 radical (unpaired) electrons. The second-order valence-electron chi connectivity index (χ2n) is 7.71. The normalized spacial score (nSPS) is 16.9. The third-order valence-corrected chi connectivity index (χ3v) is 6.43. The number of hydrogen-bond acceptors (Lipinski definition) is 5. The van der Waals surface area contributed by atoms with Crippen LogP contribution in [0.3, 0.4) is 0 Å². The van der Waals surface area contributed by atoms with Gasteiger partial charge in [-0.3, -0.25) is 9.69 Å². The topological polar surface area (TPSA) is 78.9 Å². The van der Waals surface area contributed by atoms with E-state index in [4.69, 9.17) is 0 Å². The Labute approximate surface area is 182 Å². The highest BCUT2D eigenvalue weighted by Crippen LogP contribution is 2.28. The van der Waals surface area contributed by atoms with E-state index in [2.05, 4.69) is 39.4 Å². The molecule has 30 heavy (non-hydrogen) atoms. The highest BCUT2D eigenvalue weighted by molar-refractivity contribution is 7.90. The fourth-order valence-corrected chi connectivity index (χ4v) is 4.52. The zero-order chi connectivity index (χ0) is 21.5. The SMILES string of the molecule is CC(=O)Nc1cc(C(O)CCCN2CCN(c3ccccc3)CC2)ccc1[S+](C)[O-]. The third-order valence-electron chi connectivity index (χ3n) is 5.45. The van der Waals surface area contributed by atoms with Crippen LogP contribution in [0.25, 0.3) is 0 Å². The van der Waals surface area contributed by atoms with E-state index >= 15 is 0 Å². The number of aliphatic hydroxyl groups excluding tert-OH is 1. The summed E-state index contributed by atoms with van der Waals surface area (Å²) in [5, 5.41) is 13.3. The van der Waals surface area contributed by atoms with Crippen molar-refractivity contribution in [3.63, 3.8) is 0 Å².